The molecule has 0 aliphatic carbocycles. The van der Waals surface area contributed by atoms with Crippen LogP contribution < -0.4 is 5.73 Å². The van der Waals surface area contributed by atoms with Crippen molar-refractivity contribution < 1.29 is 0 Å². The Morgan fingerprint density at radius 3 is 2.40 bits per heavy atom. The van der Waals surface area contributed by atoms with Gasteiger partial charge in [0.2, 0.25) is 5.95 Å². The highest BCUT2D eigenvalue weighted by Gasteiger charge is 2.06. The van der Waals surface area contributed by atoms with Gasteiger partial charge >= 0.3 is 0 Å². The highest BCUT2D eigenvalue weighted by atomic mass is 35.5. The molecule has 5 heteroatoms. The van der Waals surface area contributed by atoms with Crippen LogP contribution in [0.5, 0.6) is 0 Å². The maximum Gasteiger partial charge on any atom is 0.219 e. The molecule has 0 unspecified atom stereocenters. The predicted molar refractivity (Wildman–Crippen MR) is 61.9 cm³/mol. The molecule has 0 saturated carbocycles. The molecule has 0 atom stereocenters. The molecule has 2 N–H and O–H groups in total. The molecule has 2 rings (SSSR count). The van der Waals surface area contributed by atoms with Crippen LogP contribution in [0.1, 0.15) is 0 Å². The minimum atomic E-state index is 0.233. The van der Waals surface area contributed by atoms with Crippen molar-refractivity contribution in [2.45, 2.75) is 0 Å². The third-order valence-electron chi connectivity index (χ3n) is 1.93. The van der Waals surface area contributed by atoms with Gasteiger partial charge in [-0.2, -0.15) is 0 Å². The largest absolute Gasteiger partial charge is 0.368 e. The van der Waals surface area contributed by atoms with E-state index in [9.17, 15) is 0 Å². The number of halogens is 2. The van der Waals surface area contributed by atoms with E-state index in [0.29, 0.717) is 10.0 Å². The van der Waals surface area contributed by atoms with Gasteiger partial charge in [-0.1, -0.05) is 35.3 Å². The van der Waals surface area contributed by atoms with Gasteiger partial charge < -0.3 is 5.73 Å². The van der Waals surface area contributed by atoms with E-state index in [4.69, 9.17) is 28.9 Å². The van der Waals surface area contributed by atoms with E-state index in [0.717, 1.165) is 11.1 Å². The molecule has 0 spiro atoms. The molecule has 0 bridgehead atoms. The first-order valence-corrected chi connectivity index (χ1v) is 4.96. The number of benzene rings is 1. The normalized spacial score (nSPS) is 10.3. The van der Waals surface area contributed by atoms with Gasteiger partial charge in [0.1, 0.15) is 0 Å². The Labute approximate surface area is 96.9 Å². The van der Waals surface area contributed by atoms with E-state index in [1.807, 2.05) is 12.1 Å². The summed E-state index contributed by atoms with van der Waals surface area (Å²) < 4.78 is 0. The van der Waals surface area contributed by atoms with Crippen molar-refractivity contribution >= 4 is 29.2 Å². The first-order chi connectivity index (χ1) is 7.18. The number of nitrogens with two attached hydrogens (primary N) is 1. The molecule has 0 radical (unpaired) electrons. The zero-order valence-corrected chi connectivity index (χ0v) is 9.13. The van der Waals surface area contributed by atoms with Gasteiger partial charge in [0, 0.05) is 23.5 Å². The van der Waals surface area contributed by atoms with Crippen LogP contribution in [0.3, 0.4) is 0 Å². The standard InChI is InChI=1S/C10H7Cl2N3/c11-8-3-1-2-7(9(8)12)6-4-14-10(13)15-5-6/h1-5H,(H2,13,14,15). The molecule has 0 aliphatic rings. The van der Waals surface area contributed by atoms with Gasteiger partial charge in [0.25, 0.3) is 0 Å². The summed E-state index contributed by atoms with van der Waals surface area (Å²) in [6.45, 7) is 0. The number of anilines is 1. The van der Waals surface area contributed by atoms with Crippen molar-refractivity contribution in [1.29, 1.82) is 0 Å². The van der Waals surface area contributed by atoms with Crippen LogP contribution in [0.2, 0.25) is 10.0 Å². The summed E-state index contributed by atoms with van der Waals surface area (Å²) in [7, 11) is 0. The molecule has 2 aromatic rings. The lowest BCUT2D eigenvalue weighted by molar-refractivity contribution is 1.19. The molecule has 0 aliphatic heterocycles. The molecule has 1 heterocycles. The van der Waals surface area contributed by atoms with Gasteiger partial charge in [0.05, 0.1) is 10.0 Å². The quantitative estimate of drug-likeness (QED) is 0.833. The van der Waals surface area contributed by atoms with Crippen LogP contribution in [-0.2, 0) is 0 Å². The number of hydrogen-bond acceptors (Lipinski definition) is 3. The zero-order chi connectivity index (χ0) is 10.8. The fourth-order valence-corrected chi connectivity index (χ4v) is 1.61. The summed E-state index contributed by atoms with van der Waals surface area (Å²) in [5, 5.41) is 0.999. The summed E-state index contributed by atoms with van der Waals surface area (Å²) in [5.41, 5.74) is 6.98. The summed E-state index contributed by atoms with van der Waals surface area (Å²) in [6, 6.07) is 5.40. The average molecular weight is 240 g/mol. The molecular formula is C10H7Cl2N3. The Morgan fingerprint density at radius 1 is 1.07 bits per heavy atom. The monoisotopic (exact) mass is 239 g/mol. The van der Waals surface area contributed by atoms with Crippen molar-refractivity contribution in [2.75, 3.05) is 5.73 Å². The SMILES string of the molecule is Nc1ncc(-c2cccc(Cl)c2Cl)cn1. The molecule has 3 nitrogen and oxygen atoms in total. The lowest BCUT2D eigenvalue weighted by atomic mass is 10.1. The Kier molecular flexibility index (Phi) is 2.75. The van der Waals surface area contributed by atoms with E-state index < -0.39 is 0 Å². The van der Waals surface area contributed by atoms with Crippen molar-refractivity contribution in [3.8, 4) is 11.1 Å². The van der Waals surface area contributed by atoms with E-state index in [1.165, 1.54) is 0 Å². The lowest BCUT2D eigenvalue weighted by Gasteiger charge is -2.04. The highest BCUT2D eigenvalue weighted by Crippen LogP contribution is 2.32. The minimum Gasteiger partial charge on any atom is -0.368 e. The second-order valence-corrected chi connectivity index (χ2v) is 3.72. The molecule has 0 amide bonds. The Balaban J connectivity index is 2.54. The fourth-order valence-electron chi connectivity index (χ4n) is 1.20. The number of aromatic nitrogens is 2. The van der Waals surface area contributed by atoms with E-state index >= 15 is 0 Å². The Bertz CT molecular complexity index is 483. The van der Waals surface area contributed by atoms with Crippen LogP contribution in [0.15, 0.2) is 30.6 Å². The first kappa shape index (κ1) is 10.2. The van der Waals surface area contributed by atoms with Crippen molar-refractivity contribution in [3.05, 3.63) is 40.6 Å². The molecule has 76 valence electrons. The molecule has 1 aromatic carbocycles. The average Bonchev–Trinajstić information content (AvgIpc) is 2.24. The van der Waals surface area contributed by atoms with Crippen LogP contribution in [0.25, 0.3) is 11.1 Å². The first-order valence-electron chi connectivity index (χ1n) is 4.20. The Morgan fingerprint density at radius 2 is 1.73 bits per heavy atom. The zero-order valence-electron chi connectivity index (χ0n) is 7.61. The molecular weight excluding hydrogens is 233 g/mol. The third-order valence-corrected chi connectivity index (χ3v) is 2.75. The molecule has 15 heavy (non-hydrogen) atoms. The summed E-state index contributed by atoms with van der Waals surface area (Å²) >= 11 is 11.9. The van der Waals surface area contributed by atoms with Gasteiger partial charge in [-0.15, -0.1) is 0 Å². The number of rotatable bonds is 1. The van der Waals surface area contributed by atoms with Crippen LogP contribution >= 0.6 is 23.2 Å². The maximum atomic E-state index is 6.05. The van der Waals surface area contributed by atoms with Crippen molar-refractivity contribution in [1.82, 2.24) is 9.97 Å². The van der Waals surface area contributed by atoms with Crippen LogP contribution in [0.4, 0.5) is 5.95 Å². The van der Waals surface area contributed by atoms with Gasteiger partial charge in [-0.05, 0) is 6.07 Å². The fraction of sp³-hybridized carbons (Fsp3) is 0. The summed E-state index contributed by atoms with van der Waals surface area (Å²) in [5.74, 6) is 0.233. The number of nitrogen functional groups attached to an aromatic ring is 1. The van der Waals surface area contributed by atoms with Crippen LogP contribution in [0, 0.1) is 0 Å². The molecule has 1 aromatic heterocycles. The maximum absolute atomic E-state index is 6.05. The molecule has 0 fully saturated rings. The van der Waals surface area contributed by atoms with E-state index in [1.54, 1.807) is 18.5 Å². The molecule has 0 saturated heterocycles. The van der Waals surface area contributed by atoms with Crippen molar-refractivity contribution in [2.24, 2.45) is 0 Å². The van der Waals surface area contributed by atoms with Gasteiger partial charge in [-0.25, -0.2) is 9.97 Å². The Hall–Kier alpha value is -1.32. The second kappa shape index (κ2) is 4.04. The lowest BCUT2D eigenvalue weighted by Crippen LogP contribution is -1.93. The second-order valence-electron chi connectivity index (χ2n) is 2.93. The smallest absolute Gasteiger partial charge is 0.219 e. The number of hydrogen-bond donors (Lipinski definition) is 1. The van der Waals surface area contributed by atoms with E-state index in [-0.39, 0.29) is 5.95 Å². The minimum absolute atomic E-state index is 0.233. The van der Waals surface area contributed by atoms with Crippen molar-refractivity contribution in [3.63, 3.8) is 0 Å². The third kappa shape index (κ3) is 2.03. The summed E-state index contributed by atoms with van der Waals surface area (Å²) in [6.07, 6.45) is 3.22. The summed E-state index contributed by atoms with van der Waals surface area (Å²) in [4.78, 5) is 7.78. The van der Waals surface area contributed by atoms with E-state index in [2.05, 4.69) is 9.97 Å². The van der Waals surface area contributed by atoms with Gasteiger partial charge in [-0.3, -0.25) is 0 Å². The predicted octanol–water partition coefficient (Wildman–Crippen LogP) is 3.03. The van der Waals surface area contributed by atoms with Crippen LogP contribution in [-0.4, -0.2) is 9.97 Å². The topological polar surface area (TPSA) is 51.8 Å². The highest BCUT2D eigenvalue weighted by molar-refractivity contribution is 6.43. The van der Waals surface area contributed by atoms with Gasteiger partial charge in [0.15, 0.2) is 0 Å². The number of nitrogens with zero attached hydrogens (tertiary/aromatic N) is 2.